The van der Waals surface area contributed by atoms with Crippen LogP contribution >= 0.6 is 0 Å². The van der Waals surface area contributed by atoms with Gasteiger partial charge in [0, 0.05) is 26.0 Å². The van der Waals surface area contributed by atoms with Gasteiger partial charge in [0.2, 0.25) is 0 Å². The van der Waals surface area contributed by atoms with E-state index in [0.29, 0.717) is 12.5 Å². The average molecular weight is 316 g/mol. The number of rotatable bonds is 3. The highest BCUT2D eigenvalue weighted by molar-refractivity contribution is 5.74. The summed E-state index contributed by atoms with van der Waals surface area (Å²) in [6.45, 7) is 5.34. The second-order valence-electron chi connectivity index (χ2n) is 6.40. The molecule has 1 aliphatic rings. The summed E-state index contributed by atoms with van der Waals surface area (Å²) in [7, 11) is 1.92. The summed E-state index contributed by atoms with van der Waals surface area (Å²) >= 11 is 0. The highest BCUT2D eigenvalue weighted by atomic mass is 16.3. The zero-order valence-electron chi connectivity index (χ0n) is 14.0. The van der Waals surface area contributed by atoms with Crippen molar-refractivity contribution in [2.75, 3.05) is 6.54 Å². The number of nitrogens with one attached hydrogen (secondary N) is 1. The number of carbonyl (C=O) groups excluding carboxylic acids is 1. The zero-order valence-corrected chi connectivity index (χ0v) is 14.0. The maximum Gasteiger partial charge on any atom is 0.318 e. The van der Waals surface area contributed by atoms with Crippen LogP contribution in [0.1, 0.15) is 43.2 Å². The molecule has 1 saturated heterocycles. The Kier molecular flexibility index (Phi) is 4.41. The first-order valence-corrected chi connectivity index (χ1v) is 8.11. The van der Waals surface area contributed by atoms with Crippen LogP contribution in [0.25, 0.3) is 0 Å². The Labute approximate surface area is 136 Å². The highest BCUT2D eigenvalue weighted by Gasteiger charge is 2.32. The summed E-state index contributed by atoms with van der Waals surface area (Å²) in [6.07, 6.45) is 5.56. The van der Waals surface area contributed by atoms with Crippen LogP contribution in [0.2, 0.25) is 0 Å². The summed E-state index contributed by atoms with van der Waals surface area (Å²) in [6, 6.07) is 3.89. The fraction of sp³-hybridized carbons (Fsp3) is 0.529. The molecule has 0 bridgehead atoms. The molecule has 0 radical (unpaired) electrons. The highest BCUT2D eigenvalue weighted by Crippen LogP contribution is 2.34. The number of amides is 2. The minimum Gasteiger partial charge on any atom is -0.464 e. The van der Waals surface area contributed by atoms with Crippen molar-refractivity contribution < 1.29 is 9.21 Å². The zero-order chi connectivity index (χ0) is 16.4. The van der Waals surface area contributed by atoms with E-state index in [-0.39, 0.29) is 12.1 Å². The lowest BCUT2D eigenvalue weighted by atomic mass is 9.91. The number of aromatic nitrogens is 2. The fourth-order valence-corrected chi connectivity index (χ4v) is 3.11. The molecule has 2 aromatic heterocycles. The van der Waals surface area contributed by atoms with Crippen molar-refractivity contribution in [1.29, 1.82) is 0 Å². The number of hydrogen-bond donors (Lipinski definition) is 1. The van der Waals surface area contributed by atoms with Gasteiger partial charge < -0.3 is 19.2 Å². The van der Waals surface area contributed by atoms with Gasteiger partial charge in [-0.1, -0.05) is 6.92 Å². The molecule has 0 unspecified atom stereocenters. The van der Waals surface area contributed by atoms with Gasteiger partial charge in [-0.15, -0.1) is 0 Å². The molecular formula is C17H24N4O2. The Morgan fingerprint density at radius 1 is 1.48 bits per heavy atom. The molecule has 3 rings (SSSR count). The summed E-state index contributed by atoms with van der Waals surface area (Å²) in [5, 5.41) is 2.98. The number of nitrogens with zero attached hydrogens (tertiary/aromatic N) is 3. The van der Waals surface area contributed by atoms with Gasteiger partial charge >= 0.3 is 6.03 Å². The van der Waals surface area contributed by atoms with Gasteiger partial charge in [0.05, 0.1) is 12.6 Å². The summed E-state index contributed by atoms with van der Waals surface area (Å²) in [5.41, 5.74) is 0. The minimum absolute atomic E-state index is 0.00817. The third kappa shape index (κ3) is 3.41. The number of imidazole rings is 1. The second kappa shape index (κ2) is 6.48. The van der Waals surface area contributed by atoms with E-state index in [9.17, 15) is 4.79 Å². The van der Waals surface area contributed by atoms with E-state index in [4.69, 9.17) is 4.42 Å². The quantitative estimate of drug-likeness (QED) is 0.947. The van der Waals surface area contributed by atoms with Crippen molar-refractivity contribution in [3.8, 4) is 0 Å². The Balaban J connectivity index is 1.70. The fourth-order valence-electron chi connectivity index (χ4n) is 3.11. The summed E-state index contributed by atoms with van der Waals surface area (Å²) < 4.78 is 7.69. The van der Waals surface area contributed by atoms with E-state index in [1.807, 2.05) is 41.8 Å². The minimum atomic E-state index is -0.0565. The molecule has 0 saturated carbocycles. The Hall–Kier alpha value is -2.24. The van der Waals surface area contributed by atoms with E-state index in [1.54, 1.807) is 6.20 Å². The van der Waals surface area contributed by atoms with Crippen molar-refractivity contribution in [1.82, 2.24) is 19.8 Å². The van der Waals surface area contributed by atoms with Gasteiger partial charge in [-0.25, -0.2) is 9.78 Å². The molecule has 1 N–H and O–H groups in total. The lowest BCUT2D eigenvalue weighted by Crippen LogP contribution is -2.45. The van der Waals surface area contributed by atoms with Crippen LogP contribution in [0.5, 0.6) is 0 Å². The van der Waals surface area contributed by atoms with E-state index >= 15 is 0 Å². The van der Waals surface area contributed by atoms with Gasteiger partial charge in [0.25, 0.3) is 0 Å². The molecule has 124 valence electrons. The number of carbonyl (C=O) groups is 1. The van der Waals surface area contributed by atoms with Crippen molar-refractivity contribution in [3.05, 3.63) is 41.9 Å². The molecule has 2 amide bonds. The average Bonchev–Trinajstić information content (AvgIpc) is 3.13. The number of aryl methyl sites for hydroxylation is 2. The number of furan rings is 1. The third-order valence-corrected chi connectivity index (χ3v) is 4.53. The van der Waals surface area contributed by atoms with Crippen LogP contribution in [0.4, 0.5) is 4.79 Å². The van der Waals surface area contributed by atoms with Crippen LogP contribution < -0.4 is 5.32 Å². The number of urea groups is 1. The van der Waals surface area contributed by atoms with Crippen LogP contribution in [0.15, 0.2) is 28.9 Å². The van der Waals surface area contributed by atoms with E-state index in [2.05, 4.69) is 17.2 Å². The van der Waals surface area contributed by atoms with Crippen molar-refractivity contribution >= 4 is 6.03 Å². The van der Waals surface area contributed by atoms with Gasteiger partial charge in [-0.2, -0.15) is 0 Å². The normalized spacial score (nSPS) is 21.4. The number of piperidine rings is 1. The lowest BCUT2D eigenvalue weighted by Gasteiger charge is -2.37. The standard InChI is InChI=1S/C17H24N4O2/c1-12-6-8-21(14(10-12)15-5-4-13(2)23-15)17(22)19-11-16-18-7-9-20(16)3/h4-5,7,9,12,14H,6,8,10-11H2,1-3H3,(H,19,22)/t12-,14-/m0/s1. The van der Waals surface area contributed by atoms with E-state index in [1.165, 1.54) is 0 Å². The molecule has 0 spiro atoms. The predicted molar refractivity (Wildman–Crippen MR) is 86.7 cm³/mol. The molecule has 23 heavy (non-hydrogen) atoms. The van der Waals surface area contributed by atoms with Crippen molar-refractivity contribution in [2.24, 2.45) is 13.0 Å². The van der Waals surface area contributed by atoms with Crippen LogP contribution in [-0.2, 0) is 13.6 Å². The van der Waals surface area contributed by atoms with Crippen molar-refractivity contribution in [3.63, 3.8) is 0 Å². The number of hydrogen-bond acceptors (Lipinski definition) is 3. The molecule has 6 heteroatoms. The molecule has 0 aromatic carbocycles. The maximum atomic E-state index is 12.6. The van der Waals surface area contributed by atoms with Crippen molar-refractivity contribution in [2.45, 2.75) is 39.3 Å². The van der Waals surface area contributed by atoms with Crippen LogP contribution in [-0.4, -0.2) is 27.0 Å². The molecular weight excluding hydrogens is 292 g/mol. The van der Waals surface area contributed by atoms with Crippen LogP contribution in [0, 0.1) is 12.8 Å². The smallest absolute Gasteiger partial charge is 0.318 e. The topological polar surface area (TPSA) is 63.3 Å². The van der Waals surface area contributed by atoms with Gasteiger partial charge in [-0.3, -0.25) is 0 Å². The second-order valence-corrected chi connectivity index (χ2v) is 6.40. The Bertz CT molecular complexity index is 676. The molecule has 0 aliphatic carbocycles. The first-order valence-electron chi connectivity index (χ1n) is 8.11. The molecule has 3 heterocycles. The van der Waals surface area contributed by atoms with Crippen LogP contribution in [0.3, 0.4) is 0 Å². The number of likely N-dealkylation sites (tertiary alicyclic amines) is 1. The SMILES string of the molecule is Cc1ccc([C@@H]2C[C@@H](C)CCN2C(=O)NCc2nccn2C)o1. The molecule has 6 nitrogen and oxygen atoms in total. The van der Waals surface area contributed by atoms with E-state index < -0.39 is 0 Å². The summed E-state index contributed by atoms with van der Waals surface area (Å²) in [5.74, 6) is 3.19. The lowest BCUT2D eigenvalue weighted by molar-refractivity contribution is 0.118. The monoisotopic (exact) mass is 316 g/mol. The van der Waals surface area contributed by atoms with E-state index in [0.717, 1.165) is 36.7 Å². The Morgan fingerprint density at radius 2 is 2.30 bits per heavy atom. The first-order chi connectivity index (χ1) is 11.0. The van der Waals surface area contributed by atoms with Gasteiger partial charge in [-0.05, 0) is 37.8 Å². The maximum absolute atomic E-state index is 12.6. The molecule has 1 fully saturated rings. The molecule has 1 aliphatic heterocycles. The van der Waals surface area contributed by atoms with Gasteiger partial charge in [0.1, 0.15) is 17.3 Å². The first kappa shape index (κ1) is 15.6. The third-order valence-electron chi connectivity index (χ3n) is 4.53. The molecule has 2 aromatic rings. The van der Waals surface area contributed by atoms with Gasteiger partial charge in [0.15, 0.2) is 0 Å². The largest absolute Gasteiger partial charge is 0.464 e. The molecule has 2 atom stereocenters. The summed E-state index contributed by atoms with van der Waals surface area (Å²) in [4.78, 5) is 18.8. The Morgan fingerprint density at radius 3 is 2.96 bits per heavy atom. The predicted octanol–water partition coefficient (Wildman–Crippen LogP) is 3.00.